The molecule has 1 aliphatic rings. The lowest BCUT2D eigenvalue weighted by molar-refractivity contribution is -0.126. The van der Waals surface area contributed by atoms with Crippen molar-refractivity contribution in [1.82, 2.24) is 19.8 Å². The van der Waals surface area contributed by atoms with Gasteiger partial charge in [-0.2, -0.15) is 4.31 Å². The molecule has 1 fully saturated rings. The fraction of sp³-hybridized carbons (Fsp3) is 0.500. The number of carbonyl (C=O) groups is 1. The van der Waals surface area contributed by atoms with Crippen LogP contribution in [0.3, 0.4) is 0 Å². The summed E-state index contributed by atoms with van der Waals surface area (Å²) in [6.07, 6.45) is 4.37. The lowest BCUT2D eigenvalue weighted by atomic mass is 9.96. The number of pyridine rings is 1. The van der Waals surface area contributed by atoms with Gasteiger partial charge in [-0.1, -0.05) is 11.2 Å². The van der Waals surface area contributed by atoms with E-state index < -0.39 is 10.0 Å². The van der Waals surface area contributed by atoms with E-state index in [0.29, 0.717) is 31.6 Å². The molecule has 2 aromatic heterocycles. The first-order chi connectivity index (χ1) is 12.8. The van der Waals surface area contributed by atoms with Crippen LogP contribution in [-0.4, -0.2) is 41.9 Å². The molecule has 0 spiro atoms. The Hall–Kier alpha value is -2.26. The van der Waals surface area contributed by atoms with E-state index in [1.807, 2.05) is 19.1 Å². The maximum Gasteiger partial charge on any atom is 0.248 e. The predicted molar refractivity (Wildman–Crippen MR) is 98.3 cm³/mol. The number of nitrogens with zero attached hydrogens (tertiary/aromatic N) is 3. The quantitative estimate of drug-likeness (QED) is 0.834. The summed E-state index contributed by atoms with van der Waals surface area (Å²) in [6, 6.07) is 3.60. The van der Waals surface area contributed by atoms with E-state index in [2.05, 4.69) is 15.5 Å². The molecule has 9 heteroatoms. The zero-order chi connectivity index (χ0) is 19.6. The van der Waals surface area contributed by atoms with Crippen LogP contribution in [0.4, 0.5) is 0 Å². The average molecular weight is 392 g/mol. The normalized spacial score (nSPS) is 17.6. The van der Waals surface area contributed by atoms with Crippen molar-refractivity contribution in [3.05, 3.63) is 41.5 Å². The SMILES string of the molecule is Cc1noc(C)c1S(=O)(=O)N1CCC(C(=O)NC(C)c2cccnc2)CC1. The summed E-state index contributed by atoms with van der Waals surface area (Å²) < 4.78 is 32.1. The molecule has 3 rings (SSSR count). The molecule has 8 nitrogen and oxygen atoms in total. The van der Waals surface area contributed by atoms with Crippen molar-refractivity contribution in [1.29, 1.82) is 0 Å². The number of rotatable bonds is 5. The minimum absolute atomic E-state index is 0.0549. The van der Waals surface area contributed by atoms with E-state index in [0.717, 1.165) is 5.56 Å². The number of aromatic nitrogens is 2. The van der Waals surface area contributed by atoms with Crippen LogP contribution < -0.4 is 5.32 Å². The molecule has 146 valence electrons. The number of aryl methyl sites for hydroxylation is 2. The van der Waals surface area contributed by atoms with Gasteiger partial charge >= 0.3 is 0 Å². The van der Waals surface area contributed by atoms with Crippen LogP contribution >= 0.6 is 0 Å². The third kappa shape index (κ3) is 4.03. The lowest BCUT2D eigenvalue weighted by Crippen LogP contribution is -2.43. The van der Waals surface area contributed by atoms with Crippen LogP contribution in [0.15, 0.2) is 33.9 Å². The minimum atomic E-state index is -3.66. The van der Waals surface area contributed by atoms with Crippen molar-refractivity contribution < 1.29 is 17.7 Å². The van der Waals surface area contributed by atoms with Gasteiger partial charge in [-0.3, -0.25) is 9.78 Å². The van der Waals surface area contributed by atoms with E-state index >= 15 is 0 Å². The van der Waals surface area contributed by atoms with E-state index in [1.165, 1.54) is 4.31 Å². The number of piperidine rings is 1. The second-order valence-corrected chi connectivity index (χ2v) is 8.72. The highest BCUT2D eigenvalue weighted by Gasteiger charge is 2.35. The Bertz CT molecular complexity index is 883. The van der Waals surface area contributed by atoms with Gasteiger partial charge in [0.25, 0.3) is 0 Å². The average Bonchev–Trinajstić information content (AvgIpc) is 3.01. The van der Waals surface area contributed by atoms with Crippen molar-refractivity contribution in [2.24, 2.45) is 5.92 Å². The summed E-state index contributed by atoms with van der Waals surface area (Å²) in [6.45, 7) is 5.71. The molecule has 1 amide bonds. The Morgan fingerprint density at radius 3 is 2.59 bits per heavy atom. The summed E-state index contributed by atoms with van der Waals surface area (Å²) in [5.41, 5.74) is 1.29. The zero-order valence-corrected chi connectivity index (χ0v) is 16.5. The number of carbonyl (C=O) groups excluding carboxylic acids is 1. The maximum absolute atomic E-state index is 12.8. The van der Waals surface area contributed by atoms with Crippen LogP contribution in [0.25, 0.3) is 0 Å². The molecule has 1 aliphatic heterocycles. The largest absolute Gasteiger partial charge is 0.360 e. The highest BCUT2D eigenvalue weighted by Crippen LogP contribution is 2.28. The van der Waals surface area contributed by atoms with E-state index in [9.17, 15) is 13.2 Å². The Balaban J connectivity index is 1.61. The summed E-state index contributed by atoms with van der Waals surface area (Å²) in [4.78, 5) is 16.7. The monoisotopic (exact) mass is 392 g/mol. The van der Waals surface area contributed by atoms with Gasteiger partial charge in [0.15, 0.2) is 5.76 Å². The molecule has 3 heterocycles. The molecule has 2 aromatic rings. The number of hydrogen-bond acceptors (Lipinski definition) is 6. The molecule has 0 saturated carbocycles. The topological polar surface area (TPSA) is 105 Å². The minimum Gasteiger partial charge on any atom is -0.360 e. The van der Waals surface area contributed by atoms with E-state index in [-0.39, 0.29) is 28.5 Å². The Labute approximate surface area is 159 Å². The number of hydrogen-bond donors (Lipinski definition) is 1. The fourth-order valence-corrected chi connectivity index (χ4v) is 5.14. The van der Waals surface area contributed by atoms with Gasteiger partial charge in [0.1, 0.15) is 10.6 Å². The maximum atomic E-state index is 12.8. The molecular formula is C18H24N4O4S. The number of sulfonamides is 1. The first kappa shape index (κ1) is 19.5. The van der Waals surface area contributed by atoms with Crippen LogP contribution in [-0.2, 0) is 14.8 Å². The molecule has 0 aliphatic carbocycles. The molecule has 0 bridgehead atoms. The predicted octanol–water partition coefficient (Wildman–Crippen LogP) is 1.96. The first-order valence-corrected chi connectivity index (χ1v) is 10.4. The smallest absolute Gasteiger partial charge is 0.248 e. The molecule has 1 atom stereocenters. The summed E-state index contributed by atoms with van der Waals surface area (Å²) in [5.74, 6) is 0.0265. The van der Waals surface area contributed by atoms with Gasteiger partial charge in [0.05, 0.1) is 6.04 Å². The Morgan fingerprint density at radius 1 is 1.33 bits per heavy atom. The lowest BCUT2D eigenvalue weighted by Gasteiger charge is -2.31. The van der Waals surface area contributed by atoms with Crippen molar-refractivity contribution in [3.63, 3.8) is 0 Å². The first-order valence-electron chi connectivity index (χ1n) is 8.94. The Morgan fingerprint density at radius 2 is 2.04 bits per heavy atom. The van der Waals surface area contributed by atoms with Crippen LogP contribution in [0.2, 0.25) is 0 Å². The number of nitrogens with one attached hydrogen (secondary N) is 1. The second kappa shape index (κ2) is 7.77. The molecular weight excluding hydrogens is 368 g/mol. The summed E-state index contributed by atoms with van der Waals surface area (Å²) in [7, 11) is -3.66. The standard InChI is InChI=1S/C18H24N4O4S/c1-12(16-5-4-8-19-11-16)20-18(23)15-6-9-22(10-7-15)27(24,25)17-13(2)21-26-14(17)3/h4-5,8,11-12,15H,6-7,9-10H2,1-3H3,(H,20,23). The molecule has 1 saturated heterocycles. The van der Waals surface area contributed by atoms with Gasteiger partial charge in [-0.25, -0.2) is 8.42 Å². The molecule has 27 heavy (non-hydrogen) atoms. The summed E-state index contributed by atoms with van der Waals surface area (Å²) in [5, 5.41) is 6.73. The second-order valence-electron chi connectivity index (χ2n) is 6.85. The van der Waals surface area contributed by atoms with Crippen LogP contribution in [0.1, 0.15) is 42.8 Å². The number of amides is 1. The Kier molecular flexibility index (Phi) is 5.61. The van der Waals surface area contributed by atoms with E-state index in [4.69, 9.17) is 4.52 Å². The van der Waals surface area contributed by atoms with Crippen molar-refractivity contribution in [2.45, 2.75) is 44.6 Å². The highest BCUT2D eigenvalue weighted by atomic mass is 32.2. The molecule has 0 radical (unpaired) electrons. The van der Waals surface area contributed by atoms with Gasteiger partial charge < -0.3 is 9.84 Å². The third-order valence-electron chi connectivity index (χ3n) is 4.93. The van der Waals surface area contributed by atoms with Gasteiger partial charge in [0, 0.05) is 31.4 Å². The van der Waals surface area contributed by atoms with Crippen molar-refractivity contribution in [3.8, 4) is 0 Å². The fourth-order valence-electron chi connectivity index (χ4n) is 3.38. The highest BCUT2D eigenvalue weighted by molar-refractivity contribution is 7.89. The molecule has 0 aromatic carbocycles. The zero-order valence-electron chi connectivity index (χ0n) is 15.7. The van der Waals surface area contributed by atoms with E-state index in [1.54, 1.807) is 26.2 Å². The third-order valence-corrected chi connectivity index (χ3v) is 7.08. The summed E-state index contributed by atoms with van der Waals surface area (Å²) >= 11 is 0. The molecule has 1 unspecified atom stereocenters. The van der Waals surface area contributed by atoms with Crippen LogP contribution in [0.5, 0.6) is 0 Å². The van der Waals surface area contributed by atoms with Crippen LogP contribution in [0, 0.1) is 19.8 Å². The van der Waals surface area contributed by atoms with Gasteiger partial charge in [-0.15, -0.1) is 0 Å². The van der Waals surface area contributed by atoms with Gasteiger partial charge in [-0.05, 0) is 45.2 Å². The van der Waals surface area contributed by atoms with Gasteiger partial charge in [0.2, 0.25) is 15.9 Å². The van der Waals surface area contributed by atoms with Crippen molar-refractivity contribution >= 4 is 15.9 Å². The van der Waals surface area contributed by atoms with Crippen molar-refractivity contribution in [2.75, 3.05) is 13.1 Å². The molecule has 1 N–H and O–H groups in total.